The van der Waals surface area contributed by atoms with Crippen molar-refractivity contribution in [2.75, 3.05) is 32.8 Å². The maximum atomic E-state index is 10.1. The van der Waals surface area contributed by atoms with E-state index in [9.17, 15) is 4.79 Å². The van der Waals surface area contributed by atoms with Crippen molar-refractivity contribution in [3.8, 4) is 0 Å². The lowest BCUT2D eigenvalue weighted by molar-refractivity contribution is -0.109. The van der Waals surface area contributed by atoms with Crippen molar-refractivity contribution in [1.29, 1.82) is 0 Å². The first-order chi connectivity index (χ1) is 5.85. The van der Waals surface area contributed by atoms with Gasteiger partial charge in [-0.25, -0.2) is 0 Å². The van der Waals surface area contributed by atoms with E-state index in [1.54, 1.807) is 0 Å². The molecule has 2 aliphatic rings. The standard InChI is InChI=1S/C9H15NO2/c11-4-1-3-10-6-9(7-10)2-5-12-8-9/h4H,1-3,5-8H2. The molecule has 2 fully saturated rings. The van der Waals surface area contributed by atoms with Gasteiger partial charge >= 0.3 is 0 Å². The molecular weight excluding hydrogens is 154 g/mol. The first kappa shape index (κ1) is 8.20. The first-order valence-corrected chi connectivity index (χ1v) is 4.58. The number of likely N-dealkylation sites (tertiary alicyclic amines) is 1. The summed E-state index contributed by atoms with van der Waals surface area (Å²) in [7, 11) is 0. The Hall–Kier alpha value is -0.410. The van der Waals surface area contributed by atoms with Gasteiger partial charge in [-0.3, -0.25) is 0 Å². The van der Waals surface area contributed by atoms with Crippen molar-refractivity contribution in [3.63, 3.8) is 0 Å². The van der Waals surface area contributed by atoms with Gasteiger partial charge in [0.1, 0.15) is 6.29 Å². The van der Waals surface area contributed by atoms with Gasteiger partial charge in [0.25, 0.3) is 0 Å². The van der Waals surface area contributed by atoms with Crippen molar-refractivity contribution >= 4 is 6.29 Å². The second-order valence-electron chi connectivity index (χ2n) is 3.97. The molecule has 1 spiro atoms. The summed E-state index contributed by atoms with van der Waals surface area (Å²) in [5.74, 6) is 0. The number of ether oxygens (including phenoxy) is 1. The Balaban J connectivity index is 1.71. The van der Waals surface area contributed by atoms with Gasteiger partial charge in [-0.1, -0.05) is 0 Å². The van der Waals surface area contributed by atoms with E-state index in [2.05, 4.69) is 4.90 Å². The third kappa shape index (κ3) is 1.39. The van der Waals surface area contributed by atoms with Gasteiger partial charge in [-0.05, 0) is 6.42 Å². The van der Waals surface area contributed by atoms with Crippen LogP contribution in [0.15, 0.2) is 0 Å². The lowest BCUT2D eigenvalue weighted by Gasteiger charge is -2.47. The lowest BCUT2D eigenvalue weighted by atomic mass is 9.79. The van der Waals surface area contributed by atoms with Crippen molar-refractivity contribution < 1.29 is 9.53 Å². The Kier molecular flexibility index (Phi) is 2.15. The van der Waals surface area contributed by atoms with Gasteiger partial charge in [-0.15, -0.1) is 0 Å². The molecule has 68 valence electrons. The number of carbonyl (C=O) groups is 1. The Labute approximate surface area is 72.7 Å². The molecule has 0 aromatic heterocycles. The van der Waals surface area contributed by atoms with Gasteiger partial charge in [0.05, 0.1) is 6.61 Å². The van der Waals surface area contributed by atoms with Crippen LogP contribution in [0.2, 0.25) is 0 Å². The molecule has 2 aliphatic heterocycles. The maximum Gasteiger partial charge on any atom is 0.121 e. The highest BCUT2D eigenvalue weighted by molar-refractivity contribution is 5.49. The SMILES string of the molecule is O=CCCN1CC2(CCOC2)C1. The smallest absolute Gasteiger partial charge is 0.121 e. The molecule has 3 heteroatoms. The van der Waals surface area contributed by atoms with Crippen LogP contribution in [-0.2, 0) is 9.53 Å². The van der Waals surface area contributed by atoms with E-state index in [4.69, 9.17) is 4.74 Å². The zero-order chi connectivity index (χ0) is 8.44. The molecule has 12 heavy (non-hydrogen) atoms. The van der Waals surface area contributed by atoms with E-state index < -0.39 is 0 Å². The number of hydrogen-bond acceptors (Lipinski definition) is 3. The van der Waals surface area contributed by atoms with E-state index >= 15 is 0 Å². The van der Waals surface area contributed by atoms with E-state index in [1.807, 2.05) is 0 Å². The molecule has 2 heterocycles. The highest BCUT2D eigenvalue weighted by atomic mass is 16.5. The summed E-state index contributed by atoms with van der Waals surface area (Å²) in [6.45, 7) is 5.08. The van der Waals surface area contributed by atoms with Crippen molar-refractivity contribution in [3.05, 3.63) is 0 Å². The first-order valence-electron chi connectivity index (χ1n) is 4.58. The largest absolute Gasteiger partial charge is 0.381 e. The average Bonchev–Trinajstić information content (AvgIpc) is 2.46. The van der Waals surface area contributed by atoms with Gasteiger partial charge in [0.2, 0.25) is 0 Å². The Bertz CT molecular complexity index is 167. The highest BCUT2D eigenvalue weighted by Gasteiger charge is 2.45. The highest BCUT2D eigenvalue weighted by Crippen LogP contribution is 2.37. The molecule has 0 radical (unpaired) electrons. The molecular formula is C9H15NO2. The molecule has 0 atom stereocenters. The molecule has 0 N–H and O–H groups in total. The minimum Gasteiger partial charge on any atom is -0.381 e. The summed E-state index contributed by atoms with van der Waals surface area (Å²) in [4.78, 5) is 12.4. The average molecular weight is 169 g/mol. The molecule has 2 rings (SSSR count). The molecule has 0 aromatic carbocycles. The lowest BCUT2D eigenvalue weighted by Crippen LogP contribution is -2.56. The third-order valence-corrected chi connectivity index (χ3v) is 2.87. The zero-order valence-corrected chi connectivity index (χ0v) is 7.29. The van der Waals surface area contributed by atoms with Crippen molar-refractivity contribution in [2.24, 2.45) is 5.41 Å². The molecule has 0 bridgehead atoms. The van der Waals surface area contributed by atoms with Crippen LogP contribution in [0, 0.1) is 5.41 Å². The Morgan fingerprint density at radius 1 is 1.50 bits per heavy atom. The second-order valence-corrected chi connectivity index (χ2v) is 3.97. The monoisotopic (exact) mass is 169 g/mol. The van der Waals surface area contributed by atoms with Crippen LogP contribution < -0.4 is 0 Å². The number of carbonyl (C=O) groups excluding carboxylic acids is 1. The molecule has 0 aromatic rings. The van der Waals surface area contributed by atoms with E-state index in [0.717, 1.165) is 39.1 Å². The van der Waals surface area contributed by atoms with Gasteiger partial charge in [0.15, 0.2) is 0 Å². The summed E-state index contributed by atoms with van der Waals surface area (Å²) >= 11 is 0. The molecule has 2 saturated heterocycles. The van der Waals surface area contributed by atoms with Crippen LogP contribution in [0.4, 0.5) is 0 Å². The molecule has 0 saturated carbocycles. The Morgan fingerprint density at radius 2 is 2.33 bits per heavy atom. The van der Waals surface area contributed by atoms with Crippen LogP contribution in [0.5, 0.6) is 0 Å². The third-order valence-electron chi connectivity index (χ3n) is 2.87. The van der Waals surface area contributed by atoms with E-state index in [-0.39, 0.29) is 0 Å². The fourth-order valence-electron chi connectivity index (χ4n) is 2.19. The molecule has 0 aliphatic carbocycles. The van der Waals surface area contributed by atoms with Gasteiger partial charge in [0, 0.05) is 38.1 Å². The zero-order valence-electron chi connectivity index (χ0n) is 7.29. The number of hydrogen-bond donors (Lipinski definition) is 0. The summed E-state index contributed by atoms with van der Waals surface area (Å²) in [6.07, 6.45) is 2.89. The predicted octanol–water partition coefficient (Wildman–Crippen LogP) is 0.298. The predicted molar refractivity (Wildman–Crippen MR) is 45.0 cm³/mol. The van der Waals surface area contributed by atoms with Crippen LogP contribution in [0.25, 0.3) is 0 Å². The maximum absolute atomic E-state index is 10.1. The summed E-state index contributed by atoms with van der Waals surface area (Å²) in [5, 5.41) is 0. The minimum absolute atomic E-state index is 0.475. The van der Waals surface area contributed by atoms with Crippen molar-refractivity contribution in [1.82, 2.24) is 4.90 Å². The summed E-state index contributed by atoms with van der Waals surface area (Å²) < 4.78 is 5.36. The number of aldehydes is 1. The topological polar surface area (TPSA) is 29.5 Å². The second kappa shape index (κ2) is 3.15. The van der Waals surface area contributed by atoms with Crippen molar-refractivity contribution in [2.45, 2.75) is 12.8 Å². The fourth-order valence-corrected chi connectivity index (χ4v) is 2.19. The minimum atomic E-state index is 0.475. The molecule has 0 amide bonds. The summed E-state index contributed by atoms with van der Waals surface area (Å²) in [5.41, 5.74) is 0.475. The quantitative estimate of drug-likeness (QED) is 0.569. The van der Waals surface area contributed by atoms with E-state index in [1.165, 1.54) is 6.42 Å². The van der Waals surface area contributed by atoms with Crippen LogP contribution in [0.1, 0.15) is 12.8 Å². The normalized spacial score (nSPS) is 27.3. The van der Waals surface area contributed by atoms with E-state index in [0.29, 0.717) is 11.8 Å². The molecule has 3 nitrogen and oxygen atoms in total. The number of nitrogens with zero attached hydrogens (tertiary/aromatic N) is 1. The van der Waals surface area contributed by atoms with Gasteiger partial charge in [-0.2, -0.15) is 0 Å². The fraction of sp³-hybridized carbons (Fsp3) is 0.889. The van der Waals surface area contributed by atoms with Gasteiger partial charge < -0.3 is 14.4 Å². The molecule has 0 unspecified atom stereocenters. The summed E-state index contributed by atoms with van der Waals surface area (Å²) in [6, 6.07) is 0. The number of rotatable bonds is 3. The van der Waals surface area contributed by atoms with Crippen LogP contribution in [0.3, 0.4) is 0 Å². The Morgan fingerprint density at radius 3 is 2.92 bits per heavy atom. The van der Waals surface area contributed by atoms with Crippen LogP contribution >= 0.6 is 0 Å². The van der Waals surface area contributed by atoms with Crippen LogP contribution in [-0.4, -0.2) is 44.0 Å².